The summed E-state index contributed by atoms with van der Waals surface area (Å²) in [6, 6.07) is 6.69. The number of phosphoric acid groups is 1. The van der Waals surface area contributed by atoms with Crippen LogP contribution in [0.15, 0.2) is 40.1 Å². The zero-order chi connectivity index (χ0) is 20.5. The lowest BCUT2D eigenvalue weighted by atomic mass is 10.1. The quantitative estimate of drug-likeness (QED) is 0.476. The van der Waals surface area contributed by atoms with Crippen molar-refractivity contribution in [3.8, 4) is 16.9 Å². The van der Waals surface area contributed by atoms with Crippen molar-refractivity contribution in [1.82, 2.24) is 9.55 Å². The Hall–Kier alpha value is -2.27. The molecule has 28 heavy (non-hydrogen) atoms. The number of H-pyrrole nitrogens is 1. The summed E-state index contributed by atoms with van der Waals surface area (Å²) in [4.78, 5) is 44.2. The van der Waals surface area contributed by atoms with E-state index < -0.39 is 44.1 Å². The van der Waals surface area contributed by atoms with Crippen LogP contribution in [0.2, 0.25) is 0 Å². The van der Waals surface area contributed by atoms with Gasteiger partial charge < -0.3 is 24.4 Å². The summed E-state index contributed by atoms with van der Waals surface area (Å²) in [5.41, 5.74) is -0.652. The van der Waals surface area contributed by atoms with Crippen LogP contribution in [0.4, 0.5) is 0 Å². The summed E-state index contributed by atoms with van der Waals surface area (Å²) in [5.74, 6) is 0.525. The van der Waals surface area contributed by atoms with Crippen LogP contribution in [-0.4, -0.2) is 50.4 Å². The van der Waals surface area contributed by atoms with Gasteiger partial charge in [0.2, 0.25) is 0 Å². The van der Waals surface area contributed by atoms with Crippen LogP contribution in [0, 0.1) is 0 Å². The van der Waals surface area contributed by atoms with Crippen LogP contribution in [0.5, 0.6) is 5.75 Å². The van der Waals surface area contributed by atoms with Crippen molar-refractivity contribution in [1.29, 1.82) is 0 Å². The van der Waals surface area contributed by atoms with Gasteiger partial charge in [-0.3, -0.25) is 18.9 Å². The Balaban J connectivity index is 1.89. The van der Waals surface area contributed by atoms with Crippen molar-refractivity contribution in [2.24, 2.45) is 0 Å². The molecular weight excluding hydrogens is 395 g/mol. The third-order valence-corrected chi connectivity index (χ3v) is 4.76. The van der Waals surface area contributed by atoms with E-state index in [-0.39, 0.29) is 12.0 Å². The number of rotatable bonds is 6. The van der Waals surface area contributed by atoms with Crippen molar-refractivity contribution >= 4 is 7.82 Å². The zero-order valence-corrected chi connectivity index (χ0v) is 15.6. The smallest absolute Gasteiger partial charge is 0.469 e. The molecular formula is C16H19N2O9P. The number of nitrogens with zero attached hydrogens (tertiary/aromatic N) is 1. The number of ether oxygens (including phenoxy) is 2. The fourth-order valence-electron chi connectivity index (χ4n) is 2.90. The third kappa shape index (κ3) is 4.58. The summed E-state index contributed by atoms with van der Waals surface area (Å²) >= 11 is 0. The molecule has 1 aliphatic rings. The Morgan fingerprint density at radius 3 is 2.79 bits per heavy atom. The number of methoxy groups -OCH3 is 1. The number of hydrogen-bond acceptors (Lipinski definition) is 7. The molecule has 3 atom stereocenters. The normalized spacial score (nSPS) is 22.4. The fourth-order valence-corrected chi connectivity index (χ4v) is 3.24. The van der Waals surface area contributed by atoms with Crippen molar-refractivity contribution < 1.29 is 33.5 Å². The second kappa shape index (κ2) is 8.00. The van der Waals surface area contributed by atoms with Crippen LogP contribution < -0.4 is 16.0 Å². The summed E-state index contributed by atoms with van der Waals surface area (Å²) < 4.78 is 26.9. The molecule has 1 unspecified atom stereocenters. The van der Waals surface area contributed by atoms with Crippen LogP contribution in [0.3, 0.4) is 0 Å². The molecule has 0 radical (unpaired) electrons. The molecule has 152 valence electrons. The van der Waals surface area contributed by atoms with Gasteiger partial charge in [0.1, 0.15) is 18.1 Å². The van der Waals surface area contributed by atoms with Gasteiger partial charge in [-0.2, -0.15) is 0 Å². The second-order valence-electron chi connectivity index (χ2n) is 6.16. The van der Waals surface area contributed by atoms with E-state index in [2.05, 4.69) is 9.51 Å². The first-order chi connectivity index (χ1) is 13.2. The Morgan fingerprint density at radius 2 is 2.11 bits per heavy atom. The fraction of sp³-hybridized carbons (Fsp3) is 0.375. The number of aromatic amines is 1. The van der Waals surface area contributed by atoms with Gasteiger partial charge in [0.15, 0.2) is 0 Å². The predicted octanol–water partition coefficient (Wildman–Crippen LogP) is -0.0301. The van der Waals surface area contributed by atoms with E-state index in [1.54, 1.807) is 24.3 Å². The molecule has 1 saturated heterocycles. The molecule has 12 heteroatoms. The first kappa shape index (κ1) is 20.5. The molecule has 2 aromatic rings. The average Bonchev–Trinajstić information content (AvgIpc) is 3.00. The number of aromatic nitrogens is 2. The molecule has 1 aromatic heterocycles. The monoisotopic (exact) mass is 414 g/mol. The maximum Gasteiger partial charge on any atom is 0.469 e. The number of aliphatic hydroxyl groups is 1. The van der Waals surface area contributed by atoms with Crippen molar-refractivity contribution in [2.45, 2.75) is 24.9 Å². The SMILES string of the molecule is COc1cccc(-c2cn([C@H]3CC(O)[C@@H](COP(=O)(O)O)O3)c(=O)[nH]c2=O)c1. The van der Waals surface area contributed by atoms with Crippen molar-refractivity contribution in [3.63, 3.8) is 0 Å². The molecule has 0 spiro atoms. The van der Waals surface area contributed by atoms with E-state index in [0.717, 1.165) is 4.57 Å². The summed E-state index contributed by atoms with van der Waals surface area (Å²) in [5, 5.41) is 10.1. The first-order valence-electron chi connectivity index (χ1n) is 8.21. The lowest BCUT2D eigenvalue weighted by Gasteiger charge is -2.17. The molecule has 2 heterocycles. The van der Waals surface area contributed by atoms with Crippen LogP contribution >= 0.6 is 7.82 Å². The highest BCUT2D eigenvalue weighted by Gasteiger charge is 2.37. The molecule has 1 aromatic carbocycles. The number of aliphatic hydroxyl groups excluding tert-OH is 1. The minimum absolute atomic E-state index is 0.0291. The lowest BCUT2D eigenvalue weighted by molar-refractivity contribution is -0.0450. The lowest BCUT2D eigenvalue weighted by Crippen LogP contribution is -2.33. The Bertz CT molecular complexity index is 1010. The Kier molecular flexibility index (Phi) is 5.84. The standard InChI is InChI=1S/C16H19N2O9P/c1-25-10-4-2-3-9(5-10)11-7-18(16(21)17-15(11)20)14-6-12(19)13(27-14)8-26-28(22,23)24/h2-5,7,12-14,19H,6,8H2,1H3,(H,17,20,21)(H2,22,23,24)/t12?,13-,14-/m1/s1. The van der Waals surface area contributed by atoms with Crippen LogP contribution in [0.25, 0.3) is 11.1 Å². The summed E-state index contributed by atoms with van der Waals surface area (Å²) in [6.45, 7) is -0.553. The number of hydrogen-bond donors (Lipinski definition) is 4. The molecule has 0 saturated carbocycles. The number of phosphoric ester groups is 1. The molecule has 3 rings (SSSR count). The van der Waals surface area contributed by atoms with Crippen molar-refractivity contribution in [2.75, 3.05) is 13.7 Å². The van der Waals surface area contributed by atoms with Crippen LogP contribution in [0.1, 0.15) is 12.6 Å². The van der Waals surface area contributed by atoms with Gasteiger partial charge >= 0.3 is 13.5 Å². The van der Waals surface area contributed by atoms with Gasteiger partial charge in [0, 0.05) is 12.6 Å². The van der Waals surface area contributed by atoms with E-state index in [0.29, 0.717) is 11.3 Å². The third-order valence-electron chi connectivity index (χ3n) is 4.27. The van der Waals surface area contributed by atoms with E-state index in [1.165, 1.54) is 13.3 Å². The summed E-state index contributed by atoms with van der Waals surface area (Å²) in [6.07, 6.45) is -1.83. The van der Waals surface area contributed by atoms with Crippen molar-refractivity contribution in [3.05, 3.63) is 51.3 Å². The molecule has 1 aliphatic heterocycles. The number of nitrogens with one attached hydrogen (secondary N) is 1. The highest BCUT2D eigenvalue weighted by atomic mass is 31.2. The average molecular weight is 414 g/mol. The Morgan fingerprint density at radius 1 is 1.36 bits per heavy atom. The highest BCUT2D eigenvalue weighted by Crippen LogP contribution is 2.38. The van der Waals surface area contributed by atoms with Gasteiger partial charge in [-0.25, -0.2) is 9.36 Å². The van der Waals surface area contributed by atoms with E-state index >= 15 is 0 Å². The molecule has 1 fully saturated rings. The summed E-state index contributed by atoms with van der Waals surface area (Å²) in [7, 11) is -3.24. The minimum atomic E-state index is -4.73. The van der Waals surface area contributed by atoms with E-state index in [1.807, 2.05) is 0 Å². The van der Waals surface area contributed by atoms with E-state index in [9.17, 15) is 19.3 Å². The maximum atomic E-state index is 12.2. The predicted molar refractivity (Wildman–Crippen MR) is 95.8 cm³/mol. The number of benzene rings is 1. The topological polar surface area (TPSA) is 160 Å². The second-order valence-corrected chi connectivity index (χ2v) is 7.40. The Labute approximate surface area is 158 Å². The largest absolute Gasteiger partial charge is 0.497 e. The van der Waals surface area contributed by atoms with Gasteiger partial charge in [0.05, 0.1) is 25.4 Å². The van der Waals surface area contributed by atoms with E-state index in [4.69, 9.17) is 19.3 Å². The highest BCUT2D eigenvalue weighted by molar-refractivity contribution is 7.46. The maximum absolute atomic E-state index is 12.2. The first-order valence-corrected chi connectivity index (χ1v) is 9.74. The van der Waals surface area contributed by atoms with Crippen LogP contribution in [-0.2, 0) is 13.8 Å². The van der Waals surface area contributed by atoms with Gasteiger partial charge in [-0.1, -0.05) is 12.1 Å². The molecule has 11 nitrogen and oxygen atoms in total. The van der Waals surface area contributed by atoms with Gasteiger partial charge in [-0.15, -0.1) is 0 Å². The molecule has 4 N–H and O–H groups in total. The minimum Gasteiger partial charge on any atom is -0.497 e. The zero-order valence-electron chi connectivity index (χ0n) is 14.7. The van der Waals surface area contributed by atoms with Gasteiger partial charge in [0.25, 0.3) is 5.56 Å². The molecule has 0 bridgehead atoms. The molecule has 0 amide bonds. The van der Waals surface area contributed by atoms with Gasteiger partial charge in [-0.05, 0) is 17.7 Å². The molecule has 0 aliphatic carbocycles.